The second-order valence-electron chi connectivity index (χ2n) is 4.50. The number of carboxylic acid groups (broad SMARTS) is 2. The van der Waals surface area contributed by atoms with Crippen molar-refractivity contribution in [2.75, 3.05) is 13.9 Å². The van der Waals surface area contributed by atoms with Crippen molar-refractivity contribution in [2.24, 2.45) is 5.92 Å². The SMILES string of the molecule is COCO[C@@H](C)c1ccc(CC(C(=O)O)C(=O)O)cc1Cl. The van der Waals surface area contributed by atoms with Gasteiger partial charge in [0.25, 0.3) is 0 Å². The van der Waals surface area contributed by atoms with Crippen molar-refractivity contribution in [3.8, 4) is 0 Å². The van der Waals surface area contributed by atoms with Crippen LogP contribution in [-0.4, -0.2) is 36.1 Å². The number of ether oxygens (including phenoxy) is 2. The maximum Gasteiger partial charge on any atom is 0.318 e. The van der Waals surface area contributed by atoms with Crippen molar-refractivity contribution in [1.29, 1.82) is 0 Å². The highest BCUT2D eigenvalue weighted by molar-refractivity contribution is 6.31. The number of hydrogen-bond acceptors (Lipinski definition) is 4. The Kier molecular flexibility index (Phi) is 6.61. The van der Waals surface area contributed by atoms with Crippen LogP contribution in [0.2, 0.25) is 5.02 Å². The van der Waals surface area contributed by atoms with Gasteiger partial charge in [0.15, 0.2) is 5.92 Å². The van der Waals surface area contributed by atoms with Crippen molar-refractivity contribution >= 4 is 23.5 Å². The number of rotatable bonds is 8. The highest BCUT2D eigenvalue weighted by atomic mass is 35.5. The number of methoxy groups -OCH3 is 1. The lowest BCUT2D eigenvalue weighted by molar-refractivity contribution is -0.154. The van der Waals surface area contributed by atoms with Gasteiger partial charge in [0.05, 0.1) is 6.10 Å². The molecule has 0 bridgehead atoms. The number of carboxylic acids is 2. The Bertz CT molecular complexity index is 502. The highest BCUT2D eigenvalue weighted by Crippen LogP contribution is 2.27. The van der Waals surface area contributed by atoms with Crippen LogP contribution in [0.1, 0.15) is 24.2 Å². The Morgan fingerprint density at radius 1 is 1.29 bits per heavy atom. The summed E-state index contributed by atoms with van der Waals surface area (Å²) in [5.74, 6) is -4.24. The molecule has 0 aliphatic heterocycles. The molecule has 1 atom stereocenters. The second-order valence-corrected chi connectivity index (χ2v) is 4.91. The fourth-order valence-corrected chi connectivity index (χ4v) is 2.16. The van der Waals surface area contributed by atoms with Gasteiger partial charge in [0.2, 0.25) is 0 Å². The van der Waals surface area contributed by atoms with Crippen molar-refractivity contribution < 1.29 is 29.3 Å². The molecule has 116 valence electrons. The van der Waals surface area contributed by atoms with E-state index in [4.69, 9.17) is 31.3 Å². The third-order valence-electron chi connectivity index (χ3n) is 2.97. The standard InChI is InChI=1S/C14H17ClO6/c1-8(21-7-20-2)10-4-3-9(6-12(10)15)5-11(13(16)17)14(18)19/h3-4,6,8,11H,5,7H2,1-2H3,(H,16,17)(H,18,19)/t8-/m0/s1. The van der Waals surface area contributed by atoms with Gasteiger partial charge in [0.1, 0.15) is 6.79 Å². The zero-order valence-corrected chi connectivity index (χ0v) is 12.5. The molecule has 0 saturated heterocycles. The molecule has 0 radical (unpaired) electrons. The average Bonchev–Trinajstić information content (AvgIpc) is 2.41. The van der Waals surface area contributed by atoms with Crippen LogP contribution in [0.4, 0.5) is 0 Å². The molecule has 21 heavy (non-hydrogen) atoms. The molecule has 1 aromatic rings. The van der Waals surface area contributed by atoms with Crippen molar-refractivity contribution in [3.63, 3.8) is 0 Å². The predicted octanol–water partition coefficient (Wildman–Crippen LogP) is 2.35. The summed E-state index contributed by atoms with van der Waals surface area (Å²) in [5, 5.41) is 18.1. The van der Waals surface area contributed by atoms with Crippen LogP contribution < -0.4 is 0 Å². The van der Waals surface area contributed by atoms with Gasteiger partial charge < -0.3 is 19.7 Å². The molecule has 0 aliphatic rings. The van der Waals surface area contributed by atoms with Crippen LogP contribution in [0, 0.1) is 5.92 Å². The molecule has 1 aromatic carbocycles. The lowest BCUT2D eigenvalue weighted by Gasteiger charge is -2.15. The molecule has 0 aromatic heterocycles. The molecular formula is C14H17ClO6. The Hall–Kier alpha value is -1.63. The number of halogens is 1. The van der Waals surface area contributed by atoms with Gasteiger partial charge in [0, 0.05) is 12.1 Å². The molecule has 2 N–H and O–H groups in total. The molecule has 0 heterocycles. The minimum absolute atomic E-state index is 0.124. The molecule has 0 unspecified atom stereocenters. The molecular weight excluding hydrogens is 300 g/mol. The largest absolute Gasteiger partial charge is 0.481 e. The van der Waals surface area contributed by atoms with Crippen molar-refractivity contribution in [1.82, 2.24) is 0 Å². The maximum absolute atomic E-state index is 10.9. The van der Waals surface area contributed by atoms with Gasteiger partial charge in [-0.05, 0) is 30.5 Å². The molecule has 0 fully saturated rings. The summed E-state index contributed by atoms with van der Waals surface area (Å²) in [5.41, 5.74) is 1.26. The molecule has 7 heteroatoms. The van der Waals surface area contributed by atoms with Gasteiger partial charge in [-0.1, -0.05) is 23.7 Å². The summed E-state index contributed by atoms with van der Waals surface area (Å²) in [6, 6.07) is 4.90. The first-order valence-electron chi connectivity index (χ1n) is 6.21. The topological polar surface area (TPSA) is 93.1 Å². The predicted molar refractivity (Wildman–Crippen MR) is 75.3 cm³/mol. The summed E-state index contributed by atoms with van der Waals surface area (Å²) in [4.78, 5) is 21.8. The summed E-state index contributed by atoms with van der Waals surface area (Å²) >= 11 is 6.13. The van der Waals surface area contributed by atoms with Crippen molar-refractivity contribution in [3.05, 3.63) is 34.3 Å². The van der Waals surface area contributed by atoms with E-state index in [1.807, 2.05) is 0 Å². The zero-order valence-electron chi connectivity index (χ0n) is 11.7. The van der Waals surface area contributed by atoms with Crippen molar-refractivity contribution in [2.45, 2.75) is 19.4 Å². The van der Waals surface area contributed by atoms with Crippen LogP contribution in [0.25, 0.3) is 0 Å². The molecule has 1 rings (SSSR count). The molecule has 0 amide bonds. The van der Waals surface area contributed by atoms with E-state index in [0.29, 0.717) is 10.6 Å². The van der Waals surface area contributed by atoms with Crippen LogP contribution in [0.5, 0.6) is 0 Å². The van der Waals surface area contributed by atoms with E-state index in [9.17, 15) is 9.59 Å². The lowest BCUT2D eigenvalue weighted by Crippen LogP contribution is -2.25. The van der Waals surface area contributed by atoms with Crippen LogP contribution >= 0.6 is 11.6 Å². The van der Waals surface area contributed by atoms with E-state index >= 15 is 0 Å². The maximum atomic E-state index is 10.9. The first kappa shape index (κ1) is 17.4. The smallest absolute Gasteiger partial charge is 0.318 e. The van der Waals surface area contributed by atoms with Crippen LogP contribution in [0.15, 0.2) is 18.2 Å². The van der Waals surface area contributed by atoms with Crippen LogP contribution in [-0.2, 0) is 25.5 Å². The normalized spacial score (nSPS) is 12.4. The van der Waals surface area contributed by atoms with Gasteiger partial charge in [-0.3, -0.25) is 9.59 Å². The molecule has 6 nitrogen and oxygen atoms in total. The number of hydrogen-bond donors (Lipinski definition) is 2. The second kappa shape index (κ2) is 7.97. The Labute approximate surface area is 127 Å². The lowest BCUT2D eigenvalue weighted by atomic mass is 9.98. The summed E-state index contributed by atoms with van der Waals surface area (Å²) in [6.07, 6.45) is -0.418. The quantitative estimate of drug-likeness (QED) is 0.565. The summed E-state index contributed by atoms with van der Waals surface area (Å²) < 4.78 is 10.2. The van der Waals surface area contributed by atoms with Gasteiger partial charge in [-0.15, -0.1) is 0 Å². The van der Waals surface area contributed by atoms with Gasteiger partial charge in [-0.2, -0.15) is 0 Å². The fourth-order valence-electron chi connectivity index (χ4n) is 1.80. The van der Waals surface area contributed by atoms with E-state index in [0.717, 1.165) is 5.56 Å². The van der Waals surface area contributed by atoms with E-state index in [-0.39, 0.29) is 19.3 Å². The first-order valence-corrected chi connectivity index (χ1v) is 6.59. The minimum Gasteiger partial charge on any atom is -0.481 e. The number of carbonyl (C=O) groups is 2. The van der Waals surface area contributed by atoms with E-state index in [1.54, 1.807) is 25.1 Å². The van der Waals surface area contributed by atoms with E-state index in [1.165, 1.54) is 7.11 Å². The highest BCUT2D eigenvalue weighted by Gasteiger charge is 2.26. The fraction of sp³-hybridized carbons (Fsp3) is 0.429. The molecule has 0 spiro atoms. The summed E-state index contributed by atoms with van der Waals surface area (Å²) in [7, 11) is 1.51. The van der Waals surface area contributed by atoms with Crippen LogP contribution in [0.3, 0.4) is 0 Å². The van der Waals surface area contributed by atoms with E-state index in [2.05, 4.69) is 0 Å². The Balaban J connectivity index is 2.86. The molecule has 0 aliphatic carbocycles. The number of benzene rings is 1. The number of aliphatic carboxylic acids is 2. The molecule has 0 saturated carbocycles. The average molecular weight is 317 g/mol. The van der Waals surface area contributed by atoms with E-state index < -0.39 is 17.9 Å². The summed E-state index contributed by atoms with van der Waals surface area (Å²) in [6.45, 7) is 1.93. The van der Waals surface area contributed by atoms with Gasteiger partial charge >= 0.3 is 11.9 Å². The third-order valence-corrected chi connectivity index (χ3v) is 3.30. The monoisotopic (exact) mass is 316 g/mol. The minimum atomic E-state index is -1.49. The zero-order chi connectivity index (χ0) is 16.0. The Morgan fingerprint density at radius 3 is 2.38 bits per heavy atom. The third kappa shape index (κ3) is 5.00. The van der Waals surface area contributed by atoms with Gasteiger partial charge in [-0.25, -0.2) is 0 Å². The first-order chi connectivity index (χ1) is 9.86. The Morgan fingerprint density at radius 2 is 1.90 bits per heavy atom.